The number of rotatable bonds is 5. The third kappa shape index (κ3) is 3.29. The number of carbonyl (C=O) groups is 1. The van der Waals surface area contributed by atoms with Gasteiger partial charge in [-0.2, -0.15) is 0 Å². The summed E-state index contributed by atoms with van der Waals surface area (Å²) in [6.07, 6.45) is 2.91. The molecule has 1 aromatic rings. The molecule has 100 valence electrons. The summed E-state index contributed by atoms with van der Waals surface area (Å²) in [5.41, 5.74) is 1.16. The number of hydrogen-bond acceptors (Lipinski definition) is 4. The Hall–Kier alpha value is -0.940. The number of anilines is 1. The highest BCUT2D eigenvalue weighted by atomic mass is 32.1. The molecule has 1 N–H and O–H groups in total. The Kier molecular flexibility index (Phi) is 4.35. The monoisotopic (exact) mass is 268 g/mol. The van der Waals surface area contributed by atoms with Gasteiger partial charge in [-0.05, 0) is 32.1 Å². The zero-order valence-corrected chi connectivity index (χ0v) is 12.0. The standard InChI is InChI=1S/C13H20N2O2S/c1-8(2)7-17-9(3)12(16)15-13-14-10-5-4-6-11(10)18-13/h8-9H,4-7H2,1-3H3,(H,14,15,16). The molecule has 5 heteroatoms. The van der Waals surface area contributed by atoms with Crippen LogP contribution in [0.4, 0.5) is 5.13 Å². The first-order valence-electron chi connectivity index (χ1n) is 6.47. The van der Waals surface area contributed by atoms with Crippen molar-refractivity contribution in [1.82, 2.24) is 4.98 Å². The smallest absolute Gasteiger partial charge is 0.254 e. The number of thiazole rings is 1. The lowest BCUT2D eigenvalue weighted by Gasteiger charge is -2.13. The second-order valence-corrected chi connectivity index (χ2v) is 6.18. The molecule has 0 fully saturated rings. The first-order chi connectivity index (χ1) is 8.56. The van der Waals surface area contributed by atoms with Crippen LogP contribution in [0.2, 0.25) is 0 Å². The Morgan fingerprint density at radius 3 is 2.89 bits per heavy atom. The van der Waals surface area contributed by atoms with E-state index in [2.05, 4.69) is 24.1 Å². The number of carbonyl (C=O) groups excluding carboxylic acids is 1. The molecule has 1 aromatic heterocycles. The van der Waals surface area contributed by atoms with Crippen molar-refractivity contribution in [3.05, 3.63) is 10.6 Å². The average molecular weight is 268 g/mol. The van der Waals surface area contributed by atoms with Crippen LogP contribution < -0.4 is 5.32 Å². The van der Waals surface area contributed by atoms with Crippen LogP contribution in [0, 0.1) is 5.92 Å². The maximum absolute atomic E-state index is 11.9. The van der Waals surface area contributed by atoms with Crippen molar-refractivity contribution < 1.29 is 9.53 Å². The first-order valence-corrected chi connectivity index (χ1v) is 7.29. The molecule has 0 radical (unpaired) electrons. The molecule has 2 rings (SSSR count). The lowest BCUT2D eigenvalue weighted by Crippen LogP contribution is -2.28. The van der Waals surface area contributed by atoms with E-state index in [1.165, 1.54) is 11.3 Å². The number of nitrogens with zero attached hydrogens (tertiary/aromatic N) is 1. The van der Waals surface area contributed by atoms with Crippen molar-refractivity contribution in [2.75, 3.05) is 11.9 Å². The van der Waals surface area contributed by atoms with Gasteiger partial charge < -0.3 is 4.74 Å². The molecule has 1 aliphatic carbocycles. The number of aromatic nitrogens is 1. The van der Waals surface area contributed by atoms with Crippen molar-refractivity contribution in [2.45, 2.75) is 46.1 Å². The minimum absolute atomic E-state index is 0.108. The highest BCUT2D eigenvalue weighted by Gasteiger charge is 2.20. The SMILES string of the molecule is CC(C)COC(C)C(=O)Nc1nc2c(s1)CCC2. The lowest BCUT2D eigenvalue weighted by molar-refractivity contribution is -0.126. The summed E-state index contributed by atoms with van der Waals surface area (Å²) in [4.78, 5) is 17.6. The highest BCUT2D eigenvalue weighted by Crippen LogP contribution is 2.30. The topological polar surface area (TPSA) is 51.2 Å². The fourth-order valence-electron chi connectivity index (χ4n) is 1.86. The molecule has 0 saturated heterocycles. The normalized spacial score (nSPS) is 15.8. The summed E-state index contributed by atoms with van der Waals surface area (Å²) in [5.74, 6) is 0.326. The van der Waals surface area contributed by atoms with Gasteiger partial charge in [0.2, 0.25) is 0 Å². The predicted octanol–water partition coefficient (Wildman–Crippen LogP) is 2.63. The fourth-order valence-corrected chi connectivity index (χ4v) is 2.92. The van der Waals surface area contributed by atoms with Crippen molar-refractivity contribution >= 4 is 22.4 Å². The van der Waals surface area contributed by atoms with Gasteiger partial charge in [-0.25, -0.2) is 4.98 Å². The molecule has 1 aliphatic rings. The van der Waals surface area contributed by atoms with Crippen LogP contribution in [0.5, 0.6) is 0 Å². The summed E-state index contributed by atoms with van der Waals surface area (Å²) in [6, 6.07) is 0. The molecule has 1 atom stereocenters. The van der Waals surface area contributed by atoms with E-state index in [4.69, 9.17) is 4.74 Å². The molecular weight excluding hydrogens is 248 g/mol. The minimum Gasteiger partial charge on any atom is -0.368 e. The predicted molar refractivity (Wildman–Crippen MR) is 73.0 cm³/mol. The van der Waals surface area contributed by atoms with E-state index in [-0.39, 0.29) is 5.91 Å². The van der Waals surface area contributed by atoms with E-state index in [1.807, 2.05) is 0 Å². The van der Waals surface area contributed by atoms with E-state index < -0.39 is 6.10 Å². The number of nitrogens with one attached hydrogen (secondary N) is 1. The maximum Gasteiger partial charge on any atom is 0.254 e. The van der Waals surface area contributed by atoms with Gasteiger partial charge in [0.1, 0.15) is 6.10 Å². The molecule has 0 saturated carbocycles. The quantitative estimate of drug-likeness (QED) is 0.893. The molecule has 1 heterocycles. The second kappa shape index (κ2) is 5.80. The van der Waals surface area contributed by atoms with Crippen LogP contribution in [0.1, 0.15) is 37.8 Å². The van der Waals surface area contributed by atoms with Gasteiger partial charge >= 0.3 is 0 Å². The average Bonchev–Trinajstić information content (AvgIpc) is 2.85. The van der Waals surface area contributed by atoms with E-state index in [0.717, 1.165) is 18.5 Å². The van der Waals surface area contributed by atoms with Gasteiger partial charge in [0.05, 0.1) is 5.69 Å². The molecule has 1 amide bonds. The summed E-state index contributed by atoms with van der Waals surface area (Å²) in [5, 5.41) is 3.55. The van der Waals surface area contributed by atoms with Gasteiger partial charge in [0.15, 0.2) is 5.13 Å². The third-order valence-electron chi connectivity index (χ3n) is 2.87. The summed E-state index contributed by atoms with van der Waals surface area (Å²) in [7, 11) is 0. The van der Waals surface area contributed by atoms with Crippen LogP contribution >= 0.6 is 11.3 Å². The zero-order valence-electron chi connectivity index (χ0n) is 11.2. The van der Waals surface area contributed by atoms with Crippen LogP contribution in [-0.2, 0) is 22.4 Å². The molecule has 18 heavy (non-hydrogen) atoms. The molecule has 0 aliphatic heterocycles. The Bertz CT molecular complexity index is 407. The first kappa shape index (κ1) is 13.5. The largest absolute Gasteiger partial charge is 0.368 e. The van der Waals surface area contributed by atoms with E-state index >= 15 is 0 Å². The fraction of sp³-hybridized carbons (Fsp3) is 0.692. The highest BCUT2D eigenvalue weighted by molar-refractivity contribution is 7.15. The van der Waals surface area contributed by atoms with Crippen LogP contribution in [-0.4, -0.2) is 23.6 Å². The van der Waals surface area contributed by atoms with Crippen LogP contribution in [0.15, 0.2) is 0 Å². The molecule has 0 aromatic carbocycles. The number of aryl methyl sites for hydroxylation is 2. The summed E-state index contributed by atoms with van der Waals surface area (Å²) < 4.78 is 5.48. The van der Waals surface area contributed by atoms with Gasteiger partial charge in [0, 0.05) is 11.5 Å². The Labute approximate surface area is 112 Å². The second-order valence-electron chi connectivity index (χ2n) is 5.10. The number of ether oxygens (including phenoxy) is 1. The van der Waals surface area contributed by atoms with E-state index in [0.29, 0.717) is 17.7 Å². The van der Waals surface area contributed by atoms with Crippen LogP contribution in [0.3, 0.4) is 0 Å². The Morgan fingerprint density at radius 2 is 2.22 bits per heavy atom. The third-order valence-corrected chi connectivity index (χ3v) is 3.95. The van der Waals surface area contributed by atoms with Gasteiger partial charge in [0.25, 0.3) is 5.91 Å². The van der Waals surface area contributed by atoms with Crippen LogP contribution in [0.25, 0.3) is 0 Å². The lowest BCUT2D eigenvalue weighted by atomic mass is 10.2. The van der Waals surface area contributed by atoms with E-state index in [1.54, 1.807) is 18.3 Å². The molecule has 0 spiro atoms. The molecule has 1 unspecified atom stereocenters. The maximum atomic E-state index is 11.9. The molecule has 4 nitrogen and oxygen atoms in total. The Balaban J connectivity index is 1.86. The van der Waals surface area contributed by atoms with Gasteiger partial charge in [-0.3, -0.25) is 10.1 Å². The number of fused-ring (bicyclic) bond motifs is 1. The minimum atomic E-state index is -0.425. The molecular formula is C13H20N2O2S. The Morgan fingerprint density at radius 1 is 1.44 bits per heavy atom. The van der Waals surface area contributed by atoms with Gasteiger partial charge in [-0.15, -0.1) is 11.3 Å². The van der Waals surface area contributed by atoms with Crippen molar-refractivity contribution in [3.63, 3.8) is 0 Å². The van der Waals surface area contributed by atoms with E-state index in [9.17, 15) is 4.79 Å². The molecule has 0 bridgehead atoms. The summed E-state index contributed by atoms with van der Waals surface area (Å²) >= 11 is 1.59. The van der Waals surface area contributed by atoms with Crippen molar-refractivity contribution in [3.8, 4) is 0 Å². The summed E-state index contributed by atoms with van der Waals surface area (Å²) in [6.45, 7) is 6.51. The van der Waals surface area contributed by atoms with Crippen molar-refractivity contribution in [2.24, 2.45) is 5.92 Å². The number of hydrogen-bond donors (Lipinski definition) is 1. The van der Waals surface area contributed by atoms with Gasteiger partial charge in [-0.1, -0.05) is 13.8 Å². The number of amides is 1. The van der Waals surface area contributed by atoms with Crippen molar-refractivity contribution in [1.29, 1.82) is 0 Å². The zero-order chi connectivity index (χ0) is 13.1.